The lowest BCUT2D eigenvalue weighted by Gasteiger charge is -2.09. The minimum atomic E-state index is 0.694. The zero-order chi connectivity index (χ0) is 15.1. The van der Waals surface area contributed by atoms with Crippen LogP contribution in [-0.2, 0) is 12.3 Å². The fourth-order valence-electron chi connectivity index (χ4n) is 2.00. The van der Waals surface area contributed by atoms with Gasteiger partial charge in [0.25, 0.3) is 0 Å². The largest absolute Gasteiger partial charge is 0.312 e. The van der Waals surface area contributed by atoms with E-state index in [1.54, 1.807) is 0 Å². The molecule has 0 aliphatic carbocycles. The summed E-state index contributed by atoms with van der Waals surface area (Å²) in [5.41, 5.74) is 2.71. The molecule has 21 heavy (non-hydrogen) atoms. The molecule has 0 aliphatic rings. The molecule has 0 heterocycles. The molecule has 0 saturated heterocycles. The van der Waals surface area contributed by atoms with Crippen LogP contribution in [-0.4, -0.2) is 6.54 Å². The molecule has 2 rings (SSSR count). The Morgan fingerprint density at radius 3 is 2.52 bits per heavy atom. The predicted octanol–water partition coefficient (Wildman–Crippen LogP) is 5.49. The molecule has 0 aromatic heterocycles. The van der Waals surface area contributed by atoms with Crippen molar-refractivity contribution in [3.8, 4) is 0 Å². The molecule has 1 N–H and O–H groups in total. The van der Waals surface area contributed by atoms with E-state index in [4.69, 9.17) is 0 Å². The Balaban J connectivity index is 1.87. The second-order valence-electron chi connectivity index (χ2n) is 5.59. The van der Waals surface area contributed by atoms with E-state index in [1.807, 2.05) is 11.8 Å². The quantitative estimate of drug-likeness (QED) is 0.652. The van der Waals surface area contributed by atoms with Gasteiger partial charge in [0, 0.05) is 21.7 Å². The summed E-state index contributed by atoms with van der Waals surface area (Å²) in [4.78, 5) is 1.33. The number of nitrogens with one attached hydrogen (secondary N) is 1. The minimum absolute atomic E-state index is 0.694. The third-order valence-electron chi connectivity index (χ3n) is 3.10. The summed E-state index contributed by atoms with van der Waals surface area (Å²) < 4.78 is 1.13. The maximum Gasteiger partial charge on any atom is 0.0232 e. The van der Waals surface area contributed by atoms with Crippen molar-refractivity contribution in [2.45, 2.75) is 31.0 Å². The van der Waals surface area contributed by atoms with Crippen LogP contribution < -0.4 is 5.32 Å². The van der Waals surface area contributed by atoms with Crippen LogP contribution in [0.2, 0.25) is 0 Å². The lowest BCUT2D eigenvalue weighted by Crippen LogP contribution is -2.18. The van der Waals surface area contributed by atoms with Crippen LogP contribution >= 0.6 is 27.7 Å². The summed E-state index contributed by atoms with van der Waals surface area (Å²) in [5, 5.41) is 3.49. The highest BCUT2D eigenvalue weighted by Crippen LogP contribution is 2.24. The molecule has 0 radical (unpaired) electrons. The van der Waals surface area contributed by atoms with Gasteiger partial charge in [-0.25, -0.2) is 0 Å². The standard InChI is InChI=1S/C18H22BrNS/c1-14(2)11-20-12-16-4-3-5-18(10-16)21-13-15-6-8-17(19)9-7-15/h3-10,14,20H,11-13H2,1-2H3. The number of hydrogen-bond donors (Lipinski definition) is 1. The summed E-state index contributed by atoms with van der Waals surface area (Å²) in [5.74, 6) is 1.70. The Hall–Kier alpha value is -0.770. The van der Waals surface area contributed by atoms with Crippen LogP contribution in [0.3, 0.4) is 0 Å². The molecule has 0 amide bonds. The van der Waals surface area contributed by atoms with Gasteiger partial charge in [-0.05, 0) is 47.9 Å². The molecule has 0 bridgehead atoms. The van der Waals surface area contributed by atoms with Crippen molar-refractivity contribution in [2.24, 2.45) is 5.92 Å². The molecule has 2 aromatic carbocycles. The van der Waals surface area contributed by atoms with Gasteiger partial charge in [0.2, 0.25) is 0 Å². The third kappa shape index (κ3) is 6.25. The summed E-state index contributed by atoms with van der Waals surface area (Å²) in [6.07, 6.45) is 0. The lowest BCUT2D eigenvalue weighted by atomic mass is 10.2. The fraction of sp³-hybridized carbons (Fsp3) is 0.333. The second kappa shape index (κ2) is 8.62. The SMILES string of the molecule is CC(C)CNCc1cccc(SCc2ccc(Br)cc2)c1. The molecule has 0 fully saturated rings. The van der Waals surface area contributed by atoms with Gasteiger partial charge in [0.15, 0.2) is 0 Å². The van der Waals surface area contributed by atoms with Crippen LogP contribution in [0.25, 0.3) is 0 Å². The van der Waals surface area contributed by atoms with Crippen LogP contribution in [0.1, 0.15) is 25.0 Å². The first-order chi connectivity index (χ1) is 10.1. The predicted molar refractivity (Wildman–Crippen MR) is 96.7 cm³/mol. The minimum Gasteiger partial charge on any atom is -0.312 e. The van der Waals surface area contributed by atoms with E-state index in [2.05, 4.69) is 83.6 Å². The average molecular weight is 364 g/mol. The van der Waals surface area contributed by atoms with E-state index in [0.29, 0.717) is 5.92 Å². The Morgan fingerprint density at radius 2 is 1.81 bits per heavy atom. The first-order valence-electron chi connectivity index (χ1n) is 7.30. The Kier molecular flexibility index (Phi) is 6.81. The summed E-state index contributed by atoms with van der Waals surface area (Å²) >= 11 is 5.36. The van der Waals surface area contributed by atoms with Gasteiger partial charge in [-0.15, -0.1) is 11.8 Å². The van der Waals surface area contributed by atoms with Crippen molar-refractivity contribution in [1.29, 1.82) is 0 Å². The van der Waals surface area contributed by atoms with Gasteiger partial charge in [0.1, 0.15) is 0 Å². The second-order valence-corrected chi connectivity index (χ2v) is 7.55. The van der Waals surface area contributed by atoms with Crippen molar-refractivity contribution in [3.63, 3.8) is 0 Å². The van der Waals surface area contributed by atoms with Crippen molar-refractivity contribution in [1.82, 2.24) is 5.32 Å². The summed E-state index contributed by atoms with van der Waals surface area (Å²) in [6, 6.07) is 17.4. The van der Waals surface area contributed by atoms with E-state index in [9.17, 15) is 0 Å². The summed E-state index contributed by atoms with van der Waals surface area (Å²) in [6.45, 7) is 6.48. The molecule has 0 saturated carbocycles. The van der Waals surface area contributed by atoms with Crippen molar-refractivity contribution in [2.75, 3.05) is 6.54 Å². The van der Waals surface area contributed by atoms with Crippen molar-refractivity contribution in [3.05, 3.63) is 64.1 Å². The van der Waals surface area contributed by atoms with E-state index >= 15 is 0 Å². The topological polar surface area (TPSA) is 12.0 Å². The first kappa shape index (κ1) is 16.6. The summed E-state index contributed by atoms with van der Waals surface area (Å²) in [7, 11) is 0. The Morgan fingerprint density at radius 1 is 1.05 bits per heavy atom. The van der Waals surface area contributed by atoms with Crippen LogP contribution in [0.4, 0.5) is 0 Å². The van der Waals surface area contributed by atoms with E-state index < -0.39 is 0 Å². The molecule has 1 nitrogen and oxygen atoms in total. The molecule has 0 aliphatic heterocycles. The lowest BCUT2D eigenvalue weighted by molar-refractivity contribution is 0.552. The number of benzene rings is 2. The highest BCUT2D eigenvalue weighted by atomic mass is 79.9. The van der Waals surface area contributed by atoms with E-state index in [1.165, 1.54) is 16.0 Å². The number of hydrogen-bond acceptors (Lipinski definition) is 2. The number of rotatable bonds is 7. The molecular weight excluding hydrogens is 342 g/mol. The van der Waals surface area contributed by atoms with Gasteiger partial charge in [0.05, 0.1) is 0 Å². The van der Waals surface area contributed by atoms with Gasteiger partial charge in [-0.1, -0.05) is 54.0 Å². The first-order valence-corrected chi connectivity index (χ1v) is 9.08. The Labute approximate surface area is 140 Å². The highest BCUT2D eigenvalue weighted by molar-refractivity contribution is 9.10. The van der Waals surface area contributed by atoms with Gasteiger partial charge in [-0.2, -0.15) is 0 Å². The third-order valence-corrected chi connectivity index (χ3v) is 4.69. The monoisotopic (exact) mass is 363 g/mol. The molecule has 112 valence electrons. The fourth-order valence-corrected chi connectivity index (χ4v) is 3.20. The average Bonchev–Trinajstić information content (AvgIpc) is 2.47. The molecule has 3 heteroatoms. The van der Waals surface area contributed by atoms with E-state index in [-0.39, 0.29) is 0 Å². The molecule has 2 aromatic rings. The number of thioether (sulfide) groups is 1. The normalized spacial score (nSPS) is 11.0. The van der Waals surface area contributed by atoms with Crippen LogP contribution in [0.5, 0.6) is 0 Å². The van der Waals surface area contributed by atoms with Gasteiger partial charge < -0.3 is 5.32 Å². The highest BCUT2D eigenvalue weighted by Gasteiger charge is 2.00. The van der Waals surface area contributed by atoms with Crippen molar-refractivity contribution >= 4 is 27.7 Å². The molecule has 0 atom stereocenters. The molecule has 0 spiro atoms. The maximum atomic E-state index is 3.49. The number of halogens is 1. The smallest absolute Gasteiger partial charge is 0.0232 e. The Bertz CT molecular complexity index is 551. The molecule has 0 unspecified atom stereocenters. The van der Waals surface area contributed by atoms with E-state index in [0.717, 1.165) is 23.3 Å². The van der Waals surface area contributed by atoms with Crippen molar-refractivity contribution < 1.29 is 0 Å². The zero-order valence-electron chi connectivity index (χ0n) is 12.6. The molecular formula is C18H22BrNS. The van der Waals surface area contributed by atoms with Crippen LogP contribution in [0, 0.1) is 5.92 Å². The van der Waals surface area contributed by atoms with Crippen LogP contribution in [0.15, 0.2) is 57.9 Å². The zero-order valence-corrected chi connectivity index (χ0v) is 15.0. The van der Waals surface area contributed by atoms with Gasteiger partial charge in [-0.3, -0.25) is 0 Å². The van der Waals surface area contributed by atoms with Gasteiger partial charge >= 0.3 is 0 Å². The maximum absolute atomic E-state index is 3.49.